The Morgan fingerprint density at radius 1 is 1.54 bits per heavy atom. The van der Waals surface area contributed by atoms with Crippen LogP contribution in [-0.2, 0) is 0 Å². The number of carbonyl (C=O) groups excluding carboxylic acids is 1. The molecule has 0 radical (unpaired) electrons. The van der Waals surface area contributed by atoms with Crippen LogP contribution in [-0.4, -0.2) is 15.7 Å². The topological polar surface area (TPSA) is 60.9 Å². The quantitative estimate of drug-likeness (QED) is 0.756. The molecule has 2 N–H and O–H groups in total. The van der Waals surface area contributed by atoms with E-state index >= 15 is 0 Å². The Balaban J connectivity index is 0.000000671. The summed E-state index contributed by atoms with van der Waals surface area (Å²) < 4.78 is 1.60. The molecule has 1 heterocycles. The second-order valence-electron chi connectivity index (χ2n) is 2.62. The van der Waals surface area contributed by atoms with Crippen LogP contribution in [0.5, 0.6) is 0 Å². The van der Waals surface area contributed by atoms with Gasteiger partial charge in [-0.25, -0.2) is 0 Å². The lowest BCUT2D eigenvalue weighted by Crippen LogP contribution is -2.18. The van der Waals surface area contributed by atoms with Crippen molar-refractivity contribution >= 4 is 5.91 Å². The number of primary amides is 1. The van der Waals surface area contributed by atoms with Gasteiger partial charge in [-0.3, -0.25) is 9.48 Å². The maximum absolute atomic E-state index is 10.7. The zero-order valence-electron chi connectivity index (χ0n) is 8.61. The first kappa shape index (κ1) is 11.7. The lowest BCUT2D eigenvalue weighted by Gasteiger charge is -2.07. The van der Waals surface area contributed by atoms with Crippen LogP contribution in [0.4, 0.5) is 0 Å². The van der Waals surface area contributed by atoms with E-state index in [4.69, 9.17) is 5.73 Å². The molecule has 0 saturated heterocycles. The molecule has 1 rings (SSSR count). The maximum Gasteiger partial charge on any atom is 0.266 e. The van der Waals surface area contributed by atoms with Crippen LogP contribution in [0.25, 0.3) is 0 Å². The molecule has 0 unspecified atom stereocenters. The van der Waals surface area contributed by atoms with E-state index in [1.807, 2.05) is 27.7 Å². The predicted octanol–water partition coefficient (Wildman–Crippen LogP) is 1.59. The zero-order chi connectivity index (χ0) is 10.4. The SMILES string of the molecule is CC.CC(C)n1nccc1C(N)=O. The average molecular weight is 183 g/mol. The summed E-state index contributed by atoms with van der Waals surface area (Å²) in [5, 5.41) is 3.95. The molecule has 4 heteroatoms. The van der Waals surface area contributed by atoms with E-state index in [9.17, 15) is 4.79 Å². The van der Waals surface area contributed by atoms with E-state index in [1.54, 1.807) is 16.9 Å². The highest BCUT2D eigenvalue weighted by Crippen LogP contribution is 2.06. The molecular weight excluding hydrogens is 166 g/mol. The fourth-order valence-electron chi connectivity index (χ4n) is 0.921. The van der Waals surface area contributed by atoms with Crippen molar-refractivity contribution < 1.29 is 4.79 Å². The lowest BCUT2D eigenvalue weighted by molar-refractivity contribution is 0.0988. The van der Waals surface area contributed by atoms with E-state index in [-0.39, 0.29) is 6.04 Å². The summed E-state index contributed by atoms with van der Waals surface area (Å²) in [6, 6.07) is 1.79. The van der Waals surface area contributed by atoms with Crippen molar-refractivity contribution in [2.45, 2.75) is 33.7 Å². The molecule has 0 aliphatic rings. The highest BCUT2D eigenvalue weighted by Gasteiger charge is 2.09. The normalized spacial score (nSPS) is 9.31. The molecule has 13 heavy (non-hydrogen) atoms. The largest absolute Gasteiger partial charge is 0.364 e. The molecule has 0 aliphatic heterocycles. The molecule has 0 spiro atoms. The summed E-state index contributed by atoms with van der Waals surface area (Å²) in [5.74, 6) is -0.434. The van der Waals surface area contributed by atoms with Crippen molar-refractivity contribution in [2.24, 2.45) is 5.73 Å². The monoisotopic (exact) mass is 183 g/mol. The minimum Gasteiger partial charge on any atom is -0.364 e. The number of hydrogen-bond acceptors (Lipinski definition) is 2. The predicted molar refractivity (Wildman–Crippen MR) is 52.5 cm³/mol. The molecular formula is C9H17N3O. The van der Waals surface area contributed by atoms with Crippen LogP contribution in [0.15, 0.2) is 12.3 Å². The van der Waals surface area contributed by atoms with Crippen LogP contribution in [0.1, 0.15) is 44.2 Å². The summed E-state index contributed by atoms with van der Waals surface area (Å²) in [6.45, 7) is 7.89. The molecule has 1 amide bonds. The number of amides is 1. The van der Waals surface area contributed by atoms with Gasteiger partial charge < -0.3 is 5.73 Å². The summed E-state index contributed by atoms with van der Waals surface area (Å²) >= 11 is 0. The number of rotatable bonds is 2. The minimum absolute atomic E-state index is 0.174. The first-order chi connectivity index (χ1) is 6.13. The van der Waals surface area contributed by atoms with Gasteiger partial charge in [0.25, 0.3) is 5.91 Å². The van der Waals surface area contributed by atoms with Crippen LogP contribution in [0, 0.1) is 0 Å². The van der Waals surface area contributed by atoms with Crippen LogP contribution in [0.3, 0.4) is 0 Å². The third-order valence-electron chi connectivity index (χ3n) is 1.41. The Bertz CT molecular complexity index is 266. The van der Waals surface area contributed by atoms with Gasteiger partial charge in [0.2, 0.25) is 0 Å². The standard InChI is InChI=1S/C7H11N3O.C2H6/c1-5(2)10-6(7(8)11)3-4-9-10;1-2/h3-5H,1-2H3,(H2,8,11);1-2H3. The third kappa shape index (κ3) is 2.89. The van der Waals surface area contributed by atoms with E-state index in [0.29, 0.717) is 5.69 Å². The van der Waals surface area contributed by atoms with Crippen molar-refractivity contribution in [3.05, 3.63) is 18.0 Å². The van der Waals surface area contributed by atoms with Crippen molar-refractivity contribution in [2.75, 3.05) is 0 Å². The van der Waals surface area contributed by atoms with Gasteiger partial charge in [-0.2, -0.15) is 5.10 Å². The Kier molecular flexibility index (Phi) is 4.80. The van der Waals surface area contributed by atoms with Gasteiger partial charge in [-0.1, -0.05) is 13.8 Å². The summed E-state index contributed by atoms with van der Waals surface area (Å²) in [6.07, 6.45) is 1.57. The van der Waals surface area contributed by atoms with Crippen molar-refractivity contribution in [1.29, 1.82) is 0 Å². The third-order valence-corrected chi connectivity index (χ3v) is 1.41. The molecule has 0 fully saturated rings. The average Bonchev–Trinajstić information content (AvgIpc) is 2.55. The number of nitrogens with two attached hydrogens (primary N) is 1. The minimum atomic E-state index is -0.434. The Morgan fingerprint density at radius 3 is 2.38 bits per heavy atom. The van der Waals surface area contributed by atoms with Gasteiger partial charge in [0.15, 0.2) is 0 Å². The van der Waals surface area contributed by atoms with E-state index in [1.165, 1.54) is 0 Å². The highest BCUT2D eigenvalue weighted by molar-refractivity contribution is 5.90. The first-order valence-corrected chi connectivity index (χ1v) is 4.46. The summed E-state index contributed by atoms with van der Waals surface area (Å²) in [4.78, 5) is 10.7. The molecule has 0 bridgehead atoms. The van der Waals surface area contributed by atoms with Gasteiger partial charge in [0.05, 0.1) is 0 Å². The number of aromatic nitrogens is 2. The molecule has 0 aromatic carbocycles. The van der Waals surface area contributed by atoms with Crippen LogP contribution >= 0.6 is 0 Å². The van der Waals surface area contributed by atoms with E-state index in [2.05, 4.69) is 5.10 Å². The molecule has 0 saturated carbocycles. The van der Waals surface area contributed by atoms with E-state index < -0.39 is 5.91 Å². The van der Waals surface area contributed by atoms with Gasteiger partial charge in [-0.15, -0.1) is 0 Å². The second-order valence-corrected chi connectivity index (χ2v) is 2.62. The number of nitrogens with zero attached hydrogens (tertiary/aromatic N) is 2. The lowest BCUT2D eigenvalue weighted by atomic mass is 10.3. The summed E-state index contributed by atoms with van der Waals surface area (Å²) in [7, 11) is 0. The molecule has 1 aromatic rings. The summed E-state index contributed by atoms with van der Waals surface area (Å²) in [5.41, 5.74) is 5.56. The van der Waals surface area contributed by atoms with Crippen LogP contribution < -0.4 is 5.73 Å². The Hall–Kier alpha value is -1.32. The Morgan fingerprint density at radius 2 is 2.08 bits per heavy atom. The Labute approximate surface area is 78.7 Å². The molecule has 0 atom stereocenters. The van der Waals surface area contributed by atoms with Gasteiger partial charge in [0, 0.05) is 12.2 Å². The molecule has 74 valence electrons. The fourth-order valence-corrected chi connectivity index (χ4v) is 0.921. The maximum atomic E-state index is 10.7. The van der Waals surface area contributed by atoms with Crippen LogP contribution in [0.2, 0.25) is 0 Å². The van der Waals surface area contributed by atoms with Crippen molar-refractivity contribution in [3.8, 4) is 0 Å². The van der Waals surface area contributed by atoms with E-state index in [0.717, 1.165) is 0 Å². The zero-order valence-corrected chi connectivity index (χ0v) is 8.61. The van der Waals surface area contributed by atoms with Gasteiger partial charge in [0.1, 0.15) is 5.69 Å². The molecule has 0 aliphatic carbocycles. The smallest absolute Gasteiger partial charge is 0.266 e. The van der Waals surface area contributed by atoms with Crippen molar-refractivity contribution in [3.63, 3.8) is 0 Å². The van der Waals surface area contributed by atoms with Gasteiger partial charge >= 0.3 is 0 Å². The number of hydrogen-bond donors (Lipinski definition) is 1. The first-order valence-electron chi connectivity index (χ1n) is 4.46. The number of carbonyl (C=O) groups is 1. The fraction of sp³-hybridized carbons (Fsp3) is 0.556. The second kappa shape index (κ2) is 5.35. The molecule has 4 nitrogen and oxygen atoms in total. The van der Waals surface area contributed by atoms with Crippen molar-refractivity contribution in [1.82, 2.24) is 9.78 Å². The molecule has 1 aromatic heterocycles. The highest BCUT2D eigenvalue weighted by atomic mass is 16.1. The van der Waals surface area contributed by atoms with Gasteiger partial charge in [-0.05, 0) is 19.9 Å².